The Morgan fingerprint density at radius 1 is 1.19 bits per heavy atom. The van der Waals surface area contributed by atoms with E-state index in [1.54, 1.807) is 0 Å². The predicted octanol–water partition coefficient (Wildman–Crippen LogP) is 1.70. The molecule has 0 aliphatic heterocycles. The van der Waals surface area contributed by atoms with Crippen LogP contribution in [0.5, 0.6) is 0 Å². The van der Waals surface area contributed by atoms with E-state index in [0.29, 0.717) is 6.04 Å². The number of hydrogen-bond acceptors (Lipinski definition) is 2. The van der Waals surface area contributed by atoms with E-state index in [-0.39, 0.29) is 30.3 Å². The van der Waals surface area contributed by atoms with Gasteiger partial charge in [-0.15, -0.1) is 12.4 Å². The fraction of sp³-hybridized carbons (Fsp3) is 0.917. The van der Waals surface area contributed by atoms with Crippen LogP contribution in [0.3, 0.4) is 0 Å². The Balaban J connectivity index is 0.00000128. The molecule has 0 aromatic heterocycles. The average Bonchev–Trinajstić information content (AvgIpc) is 3.03. The molecule has 2 fully saturated rings. The normalized spacial score (nSPS) is 21.8. The summed E-state index contributed by atoms with van der Waals surface area (Å²) in [5.41, 5.74) is 5.84. The molecule has 3 N–H and O–H groups in total. The summed E-state index contributed by atoms with van der Waals surface area (Å²) in [4.78, 5) is 11.8. The van der Waals surface area contributed by atoms with Gasteiger partial charge < -0.3 is 11.1 Å². The van der Waals surface area contributed by atoms with Crippen LogP contribution in [0, 0.1) is 17.8 Å². The van der Waals surface area contributed by atoms with Gasteiger partial charge in [0, 0.05) is 6.04 Å². The molecule has 0 aromatic carbocycles. The van der Waals surface area contributed by atoms with E-state index in [9.17, 15) is 4.79 Å². The molecule has 4 heteroatoms. The van der Waals surface area contributed by atoms with E-state index in [2.05, 4.69) is 5.32 Å². The molecule has 0 aromatic rings. The minimum atomic E-state index is -0.343. The van der Waals surface area contributed by atoms with Crippen LogP contribution in [0.25, 0.3) is 0 Å². The highest BCUT2D eigenvalue weighted by Gasteiger charge is 2.42. The lowest BCUT2D eigenvalue weighted by Gasteiger charge is -2.22. The van der Waals surface area contributed by atoms with Crippen molar-refractivity contribution in [1.29, 1.82) is 0 Å². The Morgan fingerprint density at radius 3 is 1.94 bits per heavy atom. The first-order valence-corrected chi connectivity index (χ1v) is 6.15. The zero-order valence-corrected chi connectivity index (χ0v) is 10.9. The second-order valence-electron chi connectivity index (χ2n) is 5.48. The van der Waals surface area contributed by atoms with Gasteiger partial charge in [0.2, 0.25) is 5.91 Å². The molecule has 0 heterocycles. The van der Waals surface area contributed by atoms with Crippen molar-refractivity contribution in [3.8, 4) is 0 Å². The first kappa shape index (κ1) is 13.8. The average molecular weight is 247 g/mol. The Labute approximate surface area is 104 Å². The quantitative estimate of drug-likeness (QED) is 0.776. The highest BCUT2D eigenvalue weighted by molar-refractivity contribution is 5.85. The summed E-state index contributed by atoms with van der Waals surface area (Å²) in [7, 11) is 0. The van der Waals surface area contributed by atoms with E-state index in [4.69, 9.17) is 5.73 Å². The summed E-state index contributed by atoms with van der Waals surface area (Å²) in [6.07, 6.45) is 5.16. The fourth-order valence-corrected chi connectivity index (χ4v) is 2.09. The molecular formula is C12H23ClN2O. The standard InChI is InChI=1S/C12H22N2O.ClH/c1-7(2)10(13)12(15)14-11(8-3-4-8)9-5-6-9;/h7-11H,3-6,13H2,1-2H3,(H,14,15);1H. The molecule has 94 valence electrons. The van der Waals surface area contributed by atoms with Gasteiger partial charge in [-0.05, 0) is 43.4 Å². The topological polar surface area (TPSA) is 55.1 Å². The van der Waals surface area contributed by atoms with Crippen molar-refractivity contribution in [2.45, 2.75) is 51.6 Å². The number of carbonyl (C=O) groups is 1. The Bertz CT molecular complexity index is 237. The molecule has 2 aliphatic carbocycles. The third-order valence-electron chi connectivity index (χ3n) is 3.59. The van der Waals surface area contributed by atoms with Gasteiger partial charge in [0.1, 0.15) is 0 Å². The van der Waals surface area contributed by atoms with Crippen LogP contribution < -0.4 is 11.1 Å². The van der Waals surface area contributed by atoms with Crippen LogP contribution in [0.2, 0.25) is 0 Å². The lowest BCUT2D eigenvalue weighted by atomic mass is 10.0. The molecule has 0 radical (unpaired) electrons. The van der Waals surface area contributed by atoms with Crippen LogP contribution in [-0.4, -0.2) is 18.0 Å². The Kier molecular flexibility index (Phi) is 4.62. The Morgan fingerprint density at radius 2 is 1.62 bits per heavy atom. The van der Waals surface area contributed by atoms with E-state index in [1.807, 2.05) is 13.8 Å². The van der Waals surface area contributed by atoms with Crippen molar-refractivity contribution in [3.63, 3.8) is 0 Å². The zero-order valence-electron chi connectivity index (χ0n) is 10.1. The van der Waals surface area contributed by atoms with E-state index in [0.717, 1.165) is 11.8 Å². The maximum atomic E-state index is 11.8. The minimum absolute atomic E-state index is 0. The second-order valence-corrected chi connectivity index (χ2v) is 5.48. The molecule has 1 amide bonds. The first-order valence-electron chi connectivity index (χ1n) is 6.15. The lowest BCUT2D eigenvalue weighted by Crippen LogP contribution is -2.49. The number of halogens is 1. The number of hydrogen-bond donors (Lipinski definition) is 2. The maximum Gasteiger partial charge on any atom is 0.237 e. The SMILES string of the molecule is CC(C)C(N)C(=O)NC(C1CC1)C1CC1.Cl. The summed E-state index contributed by atoms with van der Waals surface area (Å²) in [5.74, 6) is 1.78. The van der Waals surface area contributed by atoms with E-state index in [1.165, 1.54) is 25.7 Å². The van der Waals surface area contributed by atoms with E-state index < -0.39 is 0 Å². The first-order chi connectivity index (χ1) is 7.09. The molecule has 0 bridgehead atoms. The molecule has 3 nitrogen and oxygen atoms in total. The van der Waals surface area contributed by atoms with Crippen molar-refractivity contribution >= 4 is 18.3 Å². The summed E-state index contributed by atoms with van der Waals surface area (Å²) >= 11 is 0. The lowest BCUT2D eigenvalue weighted by molar-refractivity contribution is -0.124. The van der Waals surface area contributed by atoms with Crippen molar-refractivity contribution in [2.24, 2.45) is 23.5 Å². The van der Waals surface area contributed by atoms with Gasteiger partial charge in [0.05, 0.1) is 6.04 Å². The number of rotatable bonds is 5. The van der Waals surface area contributed by atoms with Crippen LogP contribution in [-0.2, 0) is 4.79 Å². The van der Waals surface area contributed by atoms with Crippen LogP contribution in [0.4, 0.5) is 0 Å². The summed E-state index contributed by atoms with van der Waals surface area (Å²) in [6, 6.07) is 0.0901. The molecule has 1 unspecified atom stereocenters. The third kappa shape index (κ3) is 3.36. The van der Waals surface area contributed by atoms with Crippen LogP contribution in [0.1, 0.15) is 39.5 Å². The predicted molar refractivity (Wildman–Crippen MR) is 67.4 cm³/mol. The van der Waals surface area contributed by atoms with E-state index >= 15 is 0 Å². The van der Waals surface area contributed by atoms with Gasteiger partial charge in [-0.25, -0.2) is 0 Å². The molecular weight excluding hydrogens is 224 g/mol. The van der Waals surface area contributed by atoms with Crippen molar-refractivity contribution in [3.05, 3.63) is 0 Å². The largest absolute Gasteiger partial charge is 0.351 e. The maximum absolute atomic E-state index is 11.8. The number of carbonyl (C=O) groups excluding carboxylic acids is 1. The molecule has 0 spiro atoms. The molecule has 2 rings (SSSR count). The molecule has 2 aliphatic rings. The highest BCUT2D eigenvalue weighted by atomic mass is 35.5. The third-order valence-corrected chi connectivity index (χ3v) is 3.59. The molecule has 1 atom stereocenters. The fourth-order valence-electron chi connectivity index (χ4n) is 2.09. The van der Waals surface area contributed by atoms with Gasteiger partial charge in [-0.2, -0.15) is 0 Å². The smallest absolute Gasteiger partial charge is 0.237 e. The molecule has 0 saturated heterocycles. The summed E-state index contributed by atoms with van der Waals surface area (Å²) in [5, 5.41) is 3.16. The molecule has 16 heavy (non-hydrogen) atoms. The van der Waals surface area contributed by atoms with Crippen LogP contribution >= 0.6 is 12.4 Å². The van der Waals surface area contributed by atoms with Gasteiger partial charge >= 0.3 is 0 Å². The Hall–Kier alpha value is -0.280. The number of nitrogens with one attached hydrogen (secondary N) is 1. The van der Waals surface area contributed by atoms with Crippen molar-refractivity contribution in [1.82, 2.24) is 5.32 Å². The monoisotopic (exact) mass is 246 g/mol. The van der Waals surface area contributed by atoms with Crippen molar-refractivity contribution in [2.75, 3.05) is 0 Å². The zero-order chi connectivity index (χ0) is 11.0. The molecule has 2 saturated carbocycles. The van der Waals surface area contributed by atoms with Gasteiger partial charge in [0.25, 0.3) is 0 Å². The van der Waals surface area contributed by atoms with Gasteiger partial charge in [-0.1, -0.05) is 13.8 Å². The minimum Gasteiger partial charge on any atom is -0.351 e. The van der Waals surface area contributed by atoms with Gasteiger partial charge in [-0.3, -0.25) is 4.79 Å². The second kappa shape index (κ2) is 5.37. The van der Waals surface area contributed by atoms with Crippen LogP contribution in [0.15, 0.2) is 0 Å². The summed E-state index contributed by atoms with van der Waals surface area (Å²) in [6.45, 7) is 3.99. The number of amides is 1. The van der Waals surface area contributed by atoms with Gasteiger partial charge in [0.15, 0.2) is 0 Å². The number of nitrogens with two attached hydrogens (primary N) is 1. The van der Waals surface area contributed by atoms with Crippen molar-refractivity contribution < 1.29 is 4.79 Å². The summed E-state index contributed by atoms with van der Waals surface area (Å²) < 4.78 is 0. The highest BCUT2D eigenvalue weighted by Crippen LogP contribution is 2.44.